The van der Waals surface area contributed by atoms with Crippen molar-refractivity contribution in [2.24, 2.45) is 0 Å². The predicted octanol–water partition coefficient (Wildman–Crippen LogP) is 2.91. The number of fused-ring (bicyclic) bond motifs is 1. The van der Waals surface area contributed by atoms with E-state index in [1.54, 1.807) is 11.8 Å². The van der Waals surface area contributed by atoms with Gasteiger partial charge in [-0.3, -0.25) is 9.78 Å². The summed E-state index contributed by atoms with van der Waals surface area (Å²) < 4.78 is 7.21. The highest BCUT2D eigenvalue weighted by molar-refractivity contribution is 5.76. The maximum Gasteiger partial charge on any atom is 0.263 e. The maximum atomic E-state index is 12.4. The van der Waals surface area contributed by atoms with E-state index in [2.05, 4.69) is 20.4 Å². The summed E-state index contributed by atoms with van der Waals surface area (Å²) in [5.41, 5.74) is 2.15. The average molecular weight is 361 g/mol. The molecule has 1 unspecified atom stereocenters. The zero-order valence-electron chi connectivity index (χ0n) is 14.8. The van der Waals surface area contributed by atoms with Crippen molar-refractivity contribution < 1.29 is 4.74 Å². The number of para-hydroxylation sites is 1. The number of hydrogen-bond acceptors (Lipinski definition) is 5. The van der Waals surface area contributed by atoms with Gasteiger partial charge in [-0.1, -0.05) is 48.5 Å². The van der Waals surface area contributed by atoms with Crippen LogP contribution in [0.2, 0.25) is 0 Å². The average Bonchev–Trinajstić information content (AvgIpc) is 3.14. The molecule has 2 heterocycles. The highest BCUT2D eigenvalue weighted by Crippen LogP contribution is 2.18. The molecular formula is C20H19N5O2. The van der Waals surface area contributed by atoms with Crippen molar-refractivity contribution in [3.8, 4) is 5.69 Å². The third-order valence-corrected chi connectivity index (χ3v) is 4.35. The van der Waals surface area contributed by atoms with Crippen LogP contribution in [0.1, 0.15) is 11.7 Å². The quantitative estimate of drug-likeness (QED) is 0.552. The molecule has 0 radical (unpaired) electrons. The SMILES string of the molecule is COC(CNc1nc2c(cnn2-c2ccccc2)c(=O)[nH]1)c1ccccc1. The van der Waals surface area contributed by atoms with Crippen molar-refractivity contribution in [1.29, 1.82) is 0 Å². The Hall–Kier alpha value is -3.45. The first-order valence-corrected chi connectivity index (χ1v) is 8.61. The Bertz CT molecular complexity index is 1090. The normalized spacial score (nSPS) is 12.2. The maximum absolute atomic E-state index is 12.4. The number of anilines is 1. The summed E-state index contributed by atoms with van der Waals surface area (Å²) in [5, 5.41) is 7.91. The van der Waals surface area contributed by atoms with Crippen LogP contribution in [-0.2, 0) is 4.74 Å². The van der Waals surface area contributed by atoms with Gasteiger partial charge in [-0.05, 0) is 17.7 Å². The number of nitrogens with one attached hydrogen (secondary N) is 2. The molecule has 1 atom stereocenters. The Morgan fingerprint density at radius 3 is 2.52 bits per heavy atom. The summed E-state index contributed by atoms with van der Waals surface area (Å²) in [5.74, 6) is 0.378. The summed E-state index contributed by atoms with van der Waals surface area (Å²) in [6.07, 6.45) is 1.37. The van der Waals surface area contributed by atoms with E-state index >= 15 is 0 Å². The monoisotopic (exact) mass is 361 g/mol. The van der Waals surface area contributed by atoms with Gasteiger partial charge in [0.2, 0.25) is 5.95 Å². The van der Waals surface area contributed by atoms with Crippen LogP contribution < -0.4 is 10.9 Å². The van der Waals surface area contributed by atoms with Crippen molar-refractivity contribution in [1.82, 2.24) is 19.7 Å². The van der Waals surface area contributed by atoms with E-state index in [4.69, 9.17) is 4.74 Å². The van der Waals surface area contributed by atoms with E-state index in [1.165, 1.54) is 6.20 Å². The van der Waals surface area contributed by atoms with Gasteiger partial charge < -0.3 is 10.1 Å². The van der Waals surface area contributed by atoms with Gasteiger partial charge in [0, 0.05) is 13.7 Å². The summed E-state index contributed by atoms with van der Waals surface area (Å²) in [7, 11) is 1.66. The van der Waals surface area contributed by atoms with Crippen molar-refractivity contribution in [3.05, 3.63) is 82.8 Å². The molecule has 0 spiro atoms. The number of rotatable bonds is 6. The lowest BCUT2D eigenvalue weighted by Crippen LogP contribution is -2.19. The van der Waals surface area contributed by atoms with Gasteiger partial charge >= 0.3 is 0 Å². The van der Waals surface area contributed by atoms with Gasteiger partial charge in [-0.25, -0.2) is 4.68 Å². The smallest absolute Gasteiger partial charge is 0.263 e. The zero-order valence-corrected chi connectivity index (χ0v) is 14.8. The number of benzene rings is 2. The Morgan fingerprint density at radius 1 is 1.11 bits per heavy atom. The summed E-state index contributed by atoms with van der Waals surface area (Å²) in [6, 6.07) is 19.5. The minimum Gasteiger partial charge on any atom is -0.375 e. The molecule has 0 aliphatic heterocycles. The van der Waals surface area contributed by atoms with E-state index in [0.717, 1.165) is 11.3 Å². The predicted molar refractivity (Wildman–Crippen MR) is 104 cm³/mol. The molecule has 4 rings (SSSR count). The molecule has 0 fully saturated rings. The molecule has 0 saturated heterocycles. The molecule has 0 bridgehead atoms. The number of H-pyrrole nitrogens is 1. The van der Waals surface area contributed by atoms with E-state index in [0.29, 0.717) is 23.5 Å². The van der Waals surface area contributed by atoms with Gasteiger partial charge in [0.1, 0.15) is 5.39 Å². The second kappa shape index (κ2) is 7.43. The molecular weight excluding hydrogens is 342 g/mol. The van der Waals surface area contributed by atoms with Gasteiger partial charge in [-0.2, -0.15) is 10.1 Å². The molecule has 0 aliphatic carbocycles. The standard InChI is InChI=1S/C20H19N5O2/c1-27-17(14-8-4-2-5-9-14)13-21-20-23-18-16(19(26)24-20)12-22-25(18)15-10-6-3-7-11-15/h2-12,17H,13H2,1H3,(H2,21,23,24,26). The topological polar surface area (TPSA) is 84.8 Å². The molecule has 0 aliphatic rings. The molecule has 2 aromatic heterocycles. The minimum atomic E-state index is -0.238. The molecule has 7 nitrogen and oxygen atoms in total. The first kappa shape index (κ1) is 17.0. The van der Waals surface area contributed by atoms with Crippen molar-refractivity contribution in [3.63, 3.8) is 0 Å². The number of aromatic amines is 1. The number of methoxy groups -OCH3 is 1. The first-order chi connectivity index (χ1) is 13.3. The van der Waals surface area contributed by atoms with Crippen LogP contribution >= 0.6 is 0 Å². The molecule has 0 amide bonds. The van der Waals surface area contributed by atoms with Crippen molar-refractivity contribution >= 4 is 17.0 Å². The largest absolute Gasteiger partial charge is 0.375 e. The lowest BCUT2D eigenvalue weighted by molar-refractivity contribution is 0.114. The lowest BCUT2D eigenvalue weighted by Gasteiger charge is -2.16. The van der Waals surface area contributed by atoms with E-state index in [1.807, 2.05) is 60.7 Å². The number of nitrogens with zero attached hydrogens (tertiary/aromatic N) is 3. The lowest BCUT2D eigenvalue weighted by atomic mass is 10.1. The van der Waals surface area contributed by atoms with Crippen molar-refractivity contribution in [2.75, 3.05) is 19.0 Å². The van der Waals surface area contributed by atoms with E-state index in [9.17, 15) is 4.79 Å². The molecule has 7 heteroatoms. The van der Waals surface area contributed by atoms with Crippen LogP contribution in [-0.4, -0.2) is 33.4 Å². The van der Waals surface area contributed by atoms with Gasteiger partial charge in [0.15, 0.2) is 5.65 Å². The number of hydrogen-bond donors (Lipinski definition) is 2. The number of ether oxygens (including phenoxy) is 1. The van der Waals surface area contributed by atoms with Crippen LogP contribution in [0.15, 0.2) is 71.7 Å². The molecule has 0 saturated carbocycles. The fourth-order valence-corrected chi connectivity index (χ4v) is 2.95. The number of aromatic nitrogens is 4. The van der Waals surface area contributed by atoms with E-state index < -0.39 is 0 Å². The second-order valence-corrected chi connectivity index (χ2v) is 6.06. The fraction of sp³-hybridized carbons (Fsp3) is 0.150. The van der Waals surface area contributed by atoms with Gasteiger partial charge in [0.25, 0.3) is 5.56 Å². The molecule has 2 aromatic carbocycles. The van der Waals surface area contributed by atoms with Crippen molar-refractivity contribution in [2.45, 2.75) is 6.10 Å². The first-order valence-electron chi connectivity index (χ1n) is 8.61. The second-order valence-electron chi connectivity index (χ2n) is 6.06. The minimum absolute atomic E-state index is 0.161. The molecule has 4 aromatic rings. The Morgan fingerprint density at radius 2 is 1.81 bits per heavy atom. The van der Waals surface area contributed by atoms with Crippen LogP contribution in [0, 0.1) is 0 Å². The Balaban J connectivity index is 1.64. The zero-order chi connectivity index (χ0) is 18.6. The molecule has 2 N–H and O–H groups in total. The van der Waals surface area contributed by atoms with E-state index in [-0.39, 0.29) is 11.7 Å². The van der Waals surface area contributed by atoms with Gasteiger partial charge in [0.05, 0.1) is 18.0 Å². The van der Waals surface area contributed by atoms with Gasteiger partial charge in [-0.15, -0.1) is 0 Å². The highest BCUT2D eigenvalue weighted by atomic mass is 16.5. The molecule has 27 heavy (non-hydrogen) atoms. The van der Waals surface area contributed by atoms with Crippen LogP contribution in [0.25, 0.3) is 16.7 Å². The summed E-state index contributed by atoms with van der Waals surface area (Å²) in [4.78, 5) is 19.7. The Kier molecular flexibility index (Phi) is 4.67. The van der Waals surface area contributed by atoms with Crippen LogP contribution in [0.3, 0.4) is 0 Å². The van der Waals surface area contributed by atoms with Crippen LogP contribution in [0.5, 0.6) is 0 Å². The van der Waals surface area contributed by atoms with Crippen LogP contribution in [0.4, 0.5) is 5.95 Å². The Labute approximate surface area is 155 Å². The highest BCUT2D eigenvalue weighted by Gasteiger charge is 2.14. The molecule has 136 valence electrons. The fourth-order valence-electron chi connectivity index (χ4n) is 2.95. The third-order valence-electron chi connectivity index (χ3n) is 4.35. The summed E-state index contributed by atoms with van der Waals surface area (Å²) in [6.45, 7) is 0.467. The third kappa shape index (κ3) is 3.45. The summed E-state index contributed by atoms with van der Waals surface area (Å²) >= 11 is 0.